The molecule has 7 heteroatoms. The Balaban J connectivity index is 1.61. The van der Waals surface area contributed by atoms with Crippen molar-refractivity contribution in [2.75, 3.05) is 12.4 Å². The number of aryl methyl sites for hydroxylation is 5. The number of anilines is 1. The van der Waals surface area contributed by atoms with E-state index in [9.17, 15) is 9.59 Å². The van der Waals surface area contributed by atoms with E-state index in [4.69, 9.17) is 4.74 Å². The number of ether oxygens (including phenoxy) is 1. The van der Waals surface area contributed by atoms with Crippen LogP contribution < -0.4 is 5.32 Å². The fourth-order valence-electron chi connectivity index (χ4n) is 4.06. The molecule has 0 aliphatic heterocycles. The molecular formula is C26H27N3O3S. The second kappa shape index (κ2) is 9.19. The average molecular weight is 462 g/mol. The number of aromatic nitrogens is 2. The van der Waals surface area contributed by atoms with Gasteiger partial charge in [-0.1, -0.05) is 24.3 Å². The van der Waals surface area contributed by atoms with Gasteiger partial charge in [0.05, 0.1) is 12.8 Å². The van der Waals surface area contributed by atoms with Gasteiger partial charge in [-0.25, -0.2) is 9.78 Å². The molecule has 0 unspecified atom stereocenters. The Kier molecular flexibility index (Phi) is 6.33. The Bertz CT molecular complexity index is 1370. The second-order valence-corrected chi connectivity index (χ2v) is 9.37. The first-order chi connectivity index (χ1) is 15.8. The van der Waals surface area contributed by atoms with E-state index in [0.717, 1.165) is 38.6 Å². The summed E-state index contributed by atoms with van der Waals surface area (Å²) < 4.78 is 7.09. The number of pyridine rings is 1. The molecule has 0 atom stereocenters. The van der Waals surface area contributed by atoms with Crippen LogP contribution in [0.2, 0.25) is 0 Å². The molecule has 3 heterocycles. The summed E-state index contributed by atoms with van der Waals surface area (Å²) in [6, 6.07) is 11.9. The minimum absolute atomic E-state index is 0.154. The van der Waals surface area contributed by atoms with Gasteiger partial charge < -0.3 is 14.5 Å². The fraction of sp³-hybridized carbons (Fsp3) is 0.269. The third kappa shape index (κ3) is 4.41. The SMILES string of the molecule is COC(=O)c1c(NC(=O)CCc2c(C)nc3ccccn23)sc(C)c1-c1ccc(C)c(C)c1. The van der Waals surface area contributed by atoms with Crippen LogP contribution in [0.15, 0.2) is 42.6 Å². The van der Waals surface area contributed by atoms with Gasteiger partial charge in [0.1, 0.15) is 16.2 Å². The fourth-order valence-corrected chi connectivity index (χ4v) is 5.14. The maximum Gasteiger partial charge on any atom is 0.341 e. The summed E-state index contributed by atoms with van der Waals surface area (Å²) in [5.41, 5.74) is 7.26. The van der Waals surface area contributed by atoms with Crippen molar-refractivity contribution in [2.45, 2.75) is 40.5 Å². The van der Waals surface area contributed by atoms with E-state index < -0.39 is 5.97 Å². The molecule has 1 amide bonds. The molecule has 0 aliphatic rings. The highest BCUT2D eigenvalue weighted by atomic mass is 32.1. The number of hydrogen-bond donors (Lipinski definition) is 1. The van der Waals surface area contributed by atoms with Gasteiger partial charge in [0.25, 0.3) is 0 Å². The van der Waals surface area contributed by atoms with E-state index in [1.807, 2.05) is 61.7 Å². The first-order valence-corrected chi connectivity index (χ1v) is 11.6. The van der Waals surface area contributed by atoms with E-state index in [2.05, 4.69) is 23.3 Å². The normalized spacial score (nSPS) is 11.1. The van der Waals surface area contributed by atoms with Gasteiger partial charge >= 0.3 is 5.97 Å². The Morgan fingerprint density at radius 3 is 2.61 bits per heavy atom. The standard InChI is InChI=1S/C26H27N3O3S/c1-15-9-10-19(14-16(15)2)23-18(4)33-25(24(23)26(31)32-5)28-22(30)12-11-20-17(3)27-21-8-6-7-13-29(20)21/h6-10,13-14H,11-12H2,1-5H3,(H,28,30). The number of esters is 1. The number of fused-ring (bicyclic) bond motifs is 1. The Hall–Kier alpha value is -3.45. The highest BCUT2D eigenvalue weighted by Crippen LogP contribution is 2.41. The third-order valence-corrected chi connectivity index (χ3v) is 6.96. The molecule has 0 fully saturated rings. The van der Waals surface area contributed by atoms with Gasteiger partial charge in [-0.15, -0.1) is 11.3 Å². The summed E-state index contributed by atoms with van der Waals surface area (Å²) in [6.07, 6.45) is 2.78. The number of methoxy groups -OCH3 is 1. The summed E-state index contributed by atoms with van der Waals surface area (Å²) in [4.78, 5) is 31.1. The number of nitrogens with one attached hydrogen (secondary N) is 1. The summed E-state index contributed by atoms with van der Waals surface area (Å²) in [5, 5.41) is 3.48. The number of carbonyl (C=O) groups is 2. The van der Waals surface area contributed by atoms with Crippen LogP contribution in [0.5, 0.6) is 0 Å². The molecule has 0 bridgehead atoms. The lowest BCUT2D eigenvalue weighted by Gasteiger charge is -2.10. The van der Waals surface area contributed by atoms with Crippen molar-refractivity contribution in [2.24, 2.45) is 0 Å². The van der Waals surface area contributed by atoms with Gasteiger partial charge in [0.2, 0.25) is 5.91 Å². The molecule has 0 saturated heterocycles. The molecule has 1 N–H and O–H groups in total. The second-order valence-electron chi connectivity index (χ2n) is 8.15. The predicted octanol–water partition coefficient (Wildman–Crippen LogP) is 5.65. The van der Waals surface area contributed by atoms with Crippen LogP contribution in [0.1, 0.15) is 44.2 Å². The molecule has 4 rings (SSSR count). The highest BCUT2D eigenvalue weighted by Gasteiger charge is 2.25. The van der Waals surface area contributed by atoms with E-state index >= 15 is 0 Å². The highest BCUT2D eigenvalue weighted by molar-refractivity contribution is 7.17. The van der Waals surface area contributed by atoms with E-state index in [0.29, 0.717) is 17.0 Å². The first-order valence-electron chi connectivity index (χ1n) is 10.8. The number of nitrogens with zero attached hydrogens (tertiary/aromatic N) is 2. The molecule has 0 saturated carbocycles. The molecule has 0 radical (unpaired) electrons. The number of hydrogen-bond acceptors (Lipinski definition) is 5. The maximum atomic E-state index is 12.9. The molecule has 3 aromatic heterocycles. The Morgan fingerprint density at radius 2 is 1.88 bits per heavy atom. The van der Waals surface area contributed by atoms with Crippen LogP contribution in [0.25, 0.3) is 16.8 Å². The quantitative estimate of drug-likeness (QED) is 0.376. The third-order valence-electron chi connectivity index (χ3n) is 5.94. The zero-order valence-electron chi connectivity index (χ0n) is 19.5. The van der Waals surface area contributed by atoms with Crippen molar-refractivity contribution in [3.05, 3.63) is 75.6 Å². The smallest absolute Gasteiger partial charge is 0.341 e. The molecular weight excluding hydrogens is 434 g/mol. The summed E-state index contributed by atoms with van der Waals surface area (Å²) in [6.45, 7) is 8.01. The number of thiophene rings is 1. The molecule has 0 aliphatic carbocycles. The van der Waals surface area contributed by atoms with Crippen LogP contribution >= 0.6 is 11.3 Å². The van der Waals surface area contributed by atoms with Gasteiger partial charge in [-0.2, -0.15) is 0 Å². The number of rotatable bonds is 6. The summed E-state index contributed by atoms with van der Waals surface area (Å²) in [7, 11) is 1.36. The van der Waals surface area contributed by atoms with Crippen molar-refractivity contribution in [1.29, 1.82) is 0 Å². The minimum atomic E-state index is -0.458. The van der Waals surface area contributed by atoms with Gasteiger partial charge in [0.15, 0.2) is 0 Å². The molecule has 33 heavy (non-hydrogen) atoms. The van der Waals surface area contributed by atoms with E-state index in [1.54, 1.807) is 0 Å². The first kappa shape index (κ1) is 22.7. The van der Waals surface area contributed by atoms with Gasteiger partial charge in [0, 0.05) is 28.8 Å². The van der Waals surface area contributed by atoms with Crippen molar-refractivity contribution >= 4 is 33.9 Å². The Morgan fingerprint density at radius 1 is 1.09 bits per heavy atom. The number of amides is 1. The Labute approximate surface area is 197 Å². The van der Waals surface area contributed by atoms with Gasteiger partial charge in [-0.05, 0) is 62.9 Å². The van der Waals surface area contributed by atoms with Crippen LogP contribution in [0, 0.1) is 27.7 Å². The summed E-state index contributed by atoms with van der Waals surface area (Å²) in [5.74, 6) is -0.612. The largest absolute Gasteiger partial charge is 0.465 e. The molecule has 4 aromatic rings. The zero-order valence-corrected chi connectivity index (χ0v) is 20.3. The van der Waals surface area contributed by atoms with Crippen LogP contribution in [-0.4, -0.2) is 28.4 Å². The topological polar surface area (TPSA) is 72.7 Å². The predicted molar refractivity (Wildman–Crippen MR) is 132 cm³/mol. The lowest BCUT2D eigenvalue weighted by atomic mass is 9.97. The molecule has 1 aromatic carbocycles. The number of imidazole rings is 1. The molecule has 170 valence electrons. The van der Waals surface area contributed by atoms with E-state index in [1.165, 1.54) is 24.0 Å². The lowest BCUT2D eigenvalue weighted by Crippen LogP contribution is -2.15. The zero-order chi connectivity index (χ0) is 23.7. The monoisotopic (exact) mass is 461 g/mol. The molecule has 6 nitrogen and oxygen atoms in total. The number of carbonyl (C=O) groups excluding carboxylic acids is 2. The summed E-state index contributed by atoms with van der Waals surface area (Å²) >= 11 is 1.40. The van der Waals surface area contributed by atoms with Crippen molar-refractivity contribution < 1.29 is 14.3 Å². The number of benzene rings is 1. The maximum absolute atomic E-state index is 12.9. The van der Waals surface area contributed by atoms with Crippen molar-refractivity contribution in [1.82, 2.24) is 9.38 Å². The molecule has 0 spiro atoms. The van der Waals surface area contributed by atoms with Crippen molar-refractivity contribution in [3.63, 3.8) is 0 Å². The lowest BCUT2D eigenvalue weighted by molar-refractivity contribution is -0.116. The average Bonchev–Trinajstić information content (AvgIpc) is 3.28. The van der Waals surface area contributed by atoms with Gasteiger partial charge in [-0.3, -0.25) is 4.79 Å². The van der Waals surface area contributed by atoms with E-state index in [-0.39, 0.29) is 12.3 Å². The van der Waals surface area contributed by atoms with Crippen LogP contribution in [0.4, 0.5) is 5.00 Å². The van der Waals surface area contributed by atoms with Crippen LogP contribution in [0.3, 0.4) is 0 Å². The van der Waals surface area contributed by atoms with Crippen LogP contribution in [-0.2, 0) is 16.0 Å². The van der Waals surface area contributed by atoms with Crippen molar-refractivity contribution in [3.8, 4) is 11.1 Å². The minimum Gasteiger partial charge on any atom is -0.465 e.